The van der Waals surface area contributed by atoms with E-state index in [9.17, 15) is 0 Å². The van der Waals surface area contributed by atoms with Crippen molar-refractivity contribution in [2.75, 3.05) is 6.54 Å². The van der Waals surface area contributed by atoms with Gasteiger partial charge in [-0.1, -0.05) is 6.92 Å². The third-order valence-electron chi connectivity index (χ3n) is 2.82. The van der Waals surface area contributed by atoms with Gasteiger partial charge in [0.05, 0.1) is 5.01 Å². The van der Waals surface area contributed by atoms with Crippen LogP contribution in [0.1, 0.15) is 23.3 Å². The van der Waals surface area contributed by atoms with E-state index < -0.39 is 0 Å². The van der Waals surface area contributed by atoms with Crippen molar-refractivity contribution in [3.63, 3.8) is 0 Å². The summed E-state index contributed by atoms with van der Waals surface area (Å²) in [5, 5.41) is 6.82. The summed E-state index contributed by atoms with van der Waals surface area (Å²) in [5.74, 6) is 0. The fourth-order valence-corrected chi connectivity index (χ4v) is 3.08. The minimum absolute atomic E-state index is 0.393. The molecule has 3 nitrogen and oxygen atoms in total. The van der Waals surface area contributed by atoms with Gasteiger partial charge >= 0.3 is 0 Å². The van der Waals surface area contributed by atoms with Crippen LogP contribution in [0.5, 0.6) is 0 Å². The maximum absolute atomic E-state index is 4.54. The number of nitrogens with one attached hydrogen (secondary N) is 1. The van der Waals surface area contributed by atoms with Gasteiger partial charge in [-0.2, -0.15) is 0 Å². The van der Waals surface area contributed by atoms with E-state index in [1.54, 1.807) is 11.3 Å². The maximum Gasteiger partial charge on any atom is 0.0943 e. The Kier molecular flexibility index (Phi) is 5.48. The Bertz CT molecular complexity index is 510. The number of rotatable bonds is 6. The van der Waals surface area contributed by atoms with E-state index in [2.05, 4.69) is 49.6 Å². The Morgan fingerprint density at radius 2 is 2.21 bits per heavy atom. The number of hydrogen-bond donors (Lipinski definition) is 1. The second-order valence-corrected chi connectivity index (χ2v) is 6.37. The molecule has 1 N–H and O–H groups in total. The average molecular weight is 340 g/mol. The third kappa shape index (κ3) is 4.67. The van der Waals surface area contributed by atoms with Gasteiger partial charge in [0.25, 0.3) is 0 Å². The number of thiazole rings is 1. The van der Waals surface area contributed by atoms with Crippen molar-refractivity contribution in [3.8, 4) is 0 Å². The molecule has 0 aliphatic rings. The first kappa shape index (κ1) is 14.6. The van der Waals surface area contributed by atoms with Crippen molar-refractivity contribution in [2.24, 2.45) is 0 Å². The van der Waals surface area contributed by atoms with Gasteiger partial charge < -0.3 is 5.32 Å². The number of likely N-dealkylation sites (N-methyl/N-ethyl adjacent to an activating group) is 1. The van der Waals surface area contributed by atoms with Gasteiger partial charge in [-0.15, -0.1) is 11.3 Å². The molecule has 1 unspecified atom stereocenters. The van der Waals surface area contributed by atoms with Crippen LogP contribution < -0.4 is 5.32 Å². The van der Waals surface area contributed by atoms with Crippen LogP contribution in [0.3, 0.4) is 0 Å². The van der Waals surface area contributed by atoms with Crippen LogP contribution in [0, 0.1) is 6.92 Å². The number of aromatic nitrogens is 2. The van der Waals surface area contributed by atoms with Crippen LogP contribution in [0.4, 0.5) is 0 Å². The monoisotopic (exact) mass is 339 g/mol. The molecule has 2 rings (SSSR count). The van der Waals surface area contributed by atoms with Crippen LogP contribution in [0.2, 0.25) is 0 Å². The molecule has 0 saturated heterocycles. The predicted octanol–water partition coefficient (Wildman–Crippen LogP) is 3.37. The van der Waals surface area contributed by atoms with E-state index in [0.717, 1.165) is 35.2 Å². The quantitative estimate of drug-likeness (QED) is 0.876. The van der Waals surface area contributed by atoms with E-state index in [0.29, 0.717) is 6.04 Å². The topological polar surface area (TPSA) is 37.8 Å². The third-order valence-corrected chi connectivity index (χ3v) is 4.28. The molecule has 5 heteroatoms. The second-order valence-electron chi connectivity index (χ2n) is 4.51. The number of nitrogens with zero attached hydrogens (tertiary/aromatic N) is 2. The molecule has 2 heterocycles. The number of pyridine rings is 1. The summed E-state index contributed by atoms with van der Waals surface area (Å²) < 4.78 is 1.02. The van der Waals surface area contributed by atoms with Crippen molar-refractivity contribution in [2.45, 2.75) is 32.7 Å². The van der Waals surface area contributed by atoms with E-state index in [-0.39, 0.29) is 0 Å². The van der Waals surface area contributed by atoms with Crippen molar-refractivity contribution in [1.29, 1.82) is 0 Å². The minimum Gasteiger partial charge on any atom is -0.313 e. The first-order valence-electron chi connectivity index (χ1n) is 6.42. The summed E-state index contributed by atoms with van der Waals surface area (Å²) >= 11 is 5.15. The normalized spacial score (nSPS) is 12.6. The SMILES string of the molecule is CCNC(Cc1ccc(Br)cn1)Cc1nc(C)cs1. The Morgan fingerprint density at radius 1 is 1.37 bits per heavy atom. The minimum atomic E-state index is 0.393. The smallest absolute Gasteiger partial charge is 0.0943 e. The number of halogens is 1. The van der Waals surface area contributed by atoms with Crippen molar-refractivity contribution in [3.05, 3.63) is 44.6 Å². The lowest BCUT2D eigenvalue weighted by molar-refractivity contribution is 0.515. The van der Waals surface area contributed by atoms with E-state index in [4.69, 9.17) is 0 Å². The molecule has 0 radical (unpaired) electrons. The first-order valence-corrected chi connectivity index (χ1v) is 8.09. The lowest BCUT2D eigenvalue weighted by Crippen LogP contribution is -2.33. The maximum atomic E-state index is 4.54. The summed E-state index contributed by atoms with van der Waals surface area (Å²) in [7, 11) is 0. The molecule has 0 bridgehead atoms. The zero-order valence-corrected chi connectivity index (χ0v) is 13.6. The molecule has 19 heavy (non-hydrogen) atoms. The molecule has 0 aliphatic carbocycles. The van der Waals surface area contributed by atoms with E-state index >= 15 is 0 Å². The molecule has 2 aromatic rings. The highest BCUT2D eigenvalue weighted by Crippen LogP contribution is 2.14. The first-order chi connectivity index (χ1) is 9.17. The van der Waals surface area contributed by atoms with Crippen LogP contribution in [0.25, 0.3) is 0 Å². The van der Waals surface area contributed by atoms with Crippen LogP contribution in [0.15, 0.2) is 28.2 Å². The number of aryl methyl sites for hydroxylation is 1. The summed E-state index contributed by atoms with van der Waals surface area (Å²) in [4.78, 5) is 8.98. The molecule has 102 valence electrons. The second kappa shape index (κ2) is 7.12. The zero-order valence-electron chi connectivity index (χ0n) is 11.2. The molecule has 0 fully saturated rings. The Hall–Kier alpha value is -0.780. The fourth-order valence-electron chi connectivity index (χ4n) is 1.99. The molecular formula is C14H18BrN3S. The predicted molar refractivity (Wildman–Crippen MR) is 83.7 cm³/mol. The zero-order chi connectivity index (χ0) is 13.7. The number of hydrogen-bond acceptors (Lipinski definition) is 4. The van der Waals surface area contributed by atoms with Gasteiger partial charge in [-0.3, -0.25) is 4.98 Å². The summed E-state index contributed by atoms with van der Waals surface area (Å²) in [5.41, 5.74) is 2.22. The lowest BCUT2D eigenvalue weighted by Gasteiger charge is -2.16. The molecule has 1 atom stereocenters. The molecule has 0 spiro atoms. The van der Waals surface area contributed by atoms with E-state index in [1.807, 2.05) is 19.2 Å². The summed E-state index contributed by atoms with van der Waals surface area (Å²) in [6, 6.07) is 4.50. The van der Waals surface area contributed by atoms with Gasteiger partial charge in [0.2, 0.25) is 0 Å². The lowest BCUT2D eigenvalue weighted by atomic mass is 10.1. The largest absolute Gasteiger partial charge is 0.313 e. The fraction of sp³-hybridized carbons (Fsp3) is 0.429. The van der Waals surface area contributed by atoms with Crippen molar-refractivity contribution in [1.82, 2.24) is 15.3 Å². The summed E-state index contributed by atoms with van der Waals surface area (Å²) in [6.45, 7) is 5.14. The molecule has 0 aromatic carbocycles. The van der Waals surface area contributed by atoms with Crippen LogP contribution in [-0.4, -0.2) is 22.6 Å². The van der Waals surface area contributed by atoms with Gasteiger partial charge in [-0.25, -0.2) is 4.98 Å². The highest BCUT2D eigenvalue weighted by atomic mass is 79.9. The van der Waals surface area contributed by atoms with E-state index in [1.165, 1.54) is 5.01 Å². The van der Waals surface area contributed by atoms with Crippen LogP contribution in [-0.2, 0) is 12.8 Å². The van der Waals surface area contributed by atoms with Crippen LogP contribution >= 0.6 is 27.3 Å². The van der Waals surface area contributed by atoms with Crippen molar-refractivity contribution < 1.29 is 0 Å². The van der Waals surface area contributed by atoms with Gasteiger partial charge in [0.1, 0.15) is 0 Å². The van der Waals surface area contributed by atoms with Gasteiger partial charge in [-0.05, 0) is 41.5 Å². The molecule has 0 amide bonds. The molecule has 2 aromatic heterocycles. The Morgan fingerprint density at radius 3 is 2.79 bits per heavy atom. The summed E-state index contributed by atoms with van der Waals surface area (Å²) in [6.07, 6.45) is 3.75. The highest BCUT2D eigenvalue weighted by molar-refractivity contribution is 9.10. The standard InChI is InChI=1S/C14H18BrN3S/c1-3-16-13(7-14-18-10(2)9-19-14)6-12-5-4-11(15)8-17-12/h4-5,8-9,13,16H,3,6-7H2,1-2H3. The Balaban J connectivity index is 2.01. The Labute approximate surface area is 126 Å². The van der Waals surface area contributed by atoms with Crippen molar-refractivity contribution >= 4 is 27.3 Å². The highest BCUT2D eigenvalue weighted by Gasteiger charge is 2.12. The van der Waals surface area contributed by atoms with Gasteiger partial charge in [0, 0.05) is 46.3 Å². The molecule has 0 saturated carbocycles. The molecular weight excluding hydrogens is 322 g/mol. The van der Waals surface area contributed by atoms with Gasteiger partial charge in [0.15, 0.2) is 0 Å². The molecule has 0 aliphatic heterocycles. The average Bonchev–Trinajstić information content (AvgIpc) is 2.78.